The number of aromatic nitrogens is 4. The van der Waals surface area contributed by atoms with Crippen molar-refractivity contribution < 1.29 is 16.8 Å². The summed E-state index contributed by atoms with van der Waals surface area (Å²) in [6, 6.07) is 16.4. The summed E-state index contributed by atoms with van der Waals surface area (Å²) >= 11 is 0. The van der Waals surface area contributed by atoms with E-state index in [-0.39, 0.29) is 36.6 Å². The summed E-state index contributed by atoms with van der Waals surface area (Å²) in [5.74, 6) is 0. The van der Waals surface area contributed by atoms with Crippen LogP contribution in [-0.2, 0) is 16.8 Å². The Balaban J connectivity index is 0.000000980. The summed E-state index contributed by atoms with van der Waals surface area (Å²) in [7, 11) is 0. The van der Waals surface area contributed by atoms with Crippen molar-refractivity contribution in [3.8, 4) is 0 Å². The number of H-pyrrole nitrogens is 2. The number of nitrogens with one attached hydrogen (secondary N) is 2. The Labute approximate surface area is 173 Å². The van der Waals surface area contributed by atoms with Gasteiger partial charge in [-0.1, -0.05) is 0 Å². The summed E-state index contributed by atoms with van der Waals surface area (Å²) < 4.78 is 0. The molecular formula is C20H14CoGaN4. The molecule has 8 bridgehead atoms. The maximum atomic E-state index is 4.63. The zero-order valence-corrected chi connectivity index (χ0v) is 17.2. The Hall–Kier alpha value is -2.26. The van der Waals surface area contributed by atoms with Gasteiger partial charge in [-0.2, -0.15) is 0 Å². The zero-order valence-electron chi connectivity index (χ0n) is 13.7. The molecule has 0 fully saturated rings. The number of fused-ring (bicyclic) bond motifs is 8. The monoisotopic (exact) mass is 438 g/mol. The van der Waals surface area contributed by atoms with E-state index in [0.29, 0.717) is 0 Å². The predicted molar refractivity (Wildman–Crippen MR) is 105 cm³/mol. The first-order chi connectivity index (χ1) is 11.8. The smallest absolute Gasteiger partial charge is 0.0658 e. The van der Waals surface area contributed by atoms with Crippen LogP contribution in [0.1, 0.15) is 22.8 Å². The molecule has 5 rings (SSSR count). The van der Waals surface area contributed by atoms with Crippen LogP contribution in [0, 0.1) is 0 Å². The second-order valence-electron chi connectivity index (χ2n) is 5.91. The molecule has 3 aromatic heterocycles. The molecule has 3 aromatic rings. The Morgan fingerprint density at radius 1 is 0.500 bits per heavy atom. The van der Waals surface area contributed by atoms with Crippen LogP contribution >= 0.6 is 0 Å². The zero-order chi connectivity index (χ0) is 15.9. The molecule has 2 aliphatic rings. The normalized spacial score (nSPS) is 11.7. The molecule has 6 heteroatoms. The van der Waals surface area contributed by atoms with Crippen LogP contribution in [0.25, 0.3) is 46.4 Å². The van der Waals surface area contributed by atoms with E-state index in [4.69, 9.17) is 0 Å². The fraction of sp³-hybridized carbons (Fsp3) is 0. The molecule has 0 saturated heterocycles. The van der Waals surface area contributed by atoms with E-state index in [1.54, 1.807) is 0 Å². The maximum Gasteiger partial charge on any atom is 0.0658 e. The van der Waals surface area contributed by atoms with Crippen molar-refractivity contribution in [1.29, 1.82) is 0 Å². The van der Waals surface area contributed by atoms with Gasteiger partial charge in [0, 0.05) is 58.6 Å². The van der Waals surface area contributed by atoms with Crippen molar-refractivity contribution >= 4 is 66.2 Å². The van der Waals surface area contributed by atoms with Crippen LogP contribution in [0.2, 0.25) is 0 Å². The van der Waals surface area contributed by atoms with Crippen molar-refractivity contribution in [3.63, 3.8) is 0 Å². The fourth-order valence-corrected chi connectivity index (χ4v) is 2.94. The van der Waals surface area contributed by atoms with Crippen molar-refractivity contribution in [2.75, 3.05) is 0 Å². The van der Waals surface area contributed by atoms with E-state index in [9.17, 15) is 0 Å². The van der Waals surface area contributed by atoms with Gasteiger partial charge < -0.3 is 9.97 Å². The average Bonchev–Trinajstić information content (AvgIpc) is 3.32. The van der Waals surface area contributed by atoms with E-state index < -0.39 is 0 Å². The minimum atomic E-state index is 0. The Morgan fingerprint density at radius 2 is 0.769 bits per heavy atom. The third-order valence-electron chi connectivity index (χ3n) is 4.04. The third kappa shape index (κ3) is 3.78. The molecule has 0 saturated carbocycles. The fourth-order valence-electron chi connectivity index (χ4n) is 2.94. The van der Waals surface area contributed by atoms with Crippen molar-refractivity contribution in [2.24, 2.45) is 0 Å². The predicted octanol–water partition coefficient (Wildman–Crippen LogP) is 4.27. The molecular weight excluding hydrogens is 425 g/mol. The molecule has 0 amide bonds. The first-order valence-electron chi connectivity index (χ1n) is 7.85. The van der Waals surface area contributed by atoms with Crippen LogP contribution in [-0.4, -0.2) is 39.7 Å². The van der Waals surface area contributed by atoms with Crippen LogP contribution in [0.4, 0.5) is 0 Å². The van der Waals surface area contributed by atoms with E-state index in [1.165, 1.54) is 0 Å². The SMILES string of the molecule is C1=Cc2cc3ccc(cc4nc(cc5ccc(cc1n2)[nH]5)C=C4)[nH]3.[Co].[Ga]. The second-order valence-corrected chi connectivity index (χ2v) is 5.91. The van der Waals surface area contributed by atoms with E-state index in [1.807, 2.05) is 48.6 Å². The van der Waals surface area contributed by atoms with Gasteiger partial charge in [-0.3, -0.25) is 0 Å². The van der Waals surface area contributed by atoms with Crippen LogP contribution in [0.3, 0.4) is 0 Å². The Morgan fingerprint density at radius 3 is 1.04 bits per heavy atom. The van der Waals surface area contributed by atoms with Crippen LogP contribution in [0.15, 0.2) is 48.5 Å². The van der Waals surface area contributed by atoms with E-state index in [2.05, 4.69) is 44.2 Å². The maximum absolute atomic E-state index is 4.63. The van der Waals surface area contributed by atoms with Gasteiger partial charge in [0.05, 0.1) is 22.8 Å². The quantitative estimate of drug-likeness (QED) is 0.355. The van der Waals surface area contributed by atoms with E-state index >= 15 is 0 Å². The molecule has 4 radical (unpaired) electrons. The van der Waals surface area contributed by atoms with Crippen LogP contribution < -0.4 is 0 Å². The number of hydrogen-bond donors (Lipinski definition) is 2. The van der Waals surface area contributed by atoms with Gasteiger partial charge in [-0.15, -0.1) is 0 Å². The Kier molecular flexibility index (Phi) is 5.38. The number of rotatable bonds is 0. The molecule has 0 atom stereocenters. The van der Waals surface area contributed by atoms with Gasteiger partial charge >= 0.3 is 0 Å². The summed E-state index contributed by atoms with van der Waals surface area (Å²) in [5.41, 5.74) is 7.86. The van der Waals surface area contributed by atoms with Gasteiger partial charge in [0.15, 0.2) is 0 Å². The average molecular weight is 439 g/mol. The van der Waals surface area contributed by atoms with Gasteiger partial charge in [0.25, 0.3) is 0 Å². The van der Waals surface area contributed by atoms with Crippen molar-refractivity contribution in [2.45, 2.75) is 0 Å². The number of nitrogens with zero attached hydrogens (tertiary/aromatic N) is 2. The molecule has 5 heterocycles. The summed E-state index contributed by atoms with van der Waals surface area (Å²) in [4.78, 5) is 16.0. The molecule has 2 N–H and O–H groups in total. The Bertz CT molecular complexity index is 996. The molecule has 4 nitrogen and oxygen atoms in total. The number of hydrogen-bond acceptors (Lipinski definition) is 2. The molecule has 26 heavy (non-hydrogen) atoms. The van der Waals surface area contributed by atoms with Gasteiger partial charge in [0.2, 0.25) is 0 Å². The van der Waals surface area contributed by atoms with Gasteiger partial charge in [-0.05, 0) is 72.8 Å². The molecule has 0 aromatic carbocycles. The molecule has 0 unspecified atom stereocenters. The first-order valence-corrected chi connectivity index (χ1v) is 7.85. The van der Waals surface area contributed by atoms with Crippen LogP contribution in [0.5, 0.6) is 0 Å². The molecule has 0 aliphatic carbocycles. The van der Waals surface area contributed by atoms with E-state index in [0.717, 1.165) is 44.8 Å². The largest absolute Gasteiger partial charge is 0.355 e. The van der Waals surface area contributed by atoms with Crippen molar-refractivity contribution in [3.05, 3.63) is 71.3 Å². The standard InChI is InChI=1S/C20H14N4.Co.Ga/c1-2-14-10-16-5-6-18(23-16)12-20-8-7-19(24-20)11-17-4-3-15(22-17)9-13(1)21-14;;/h1-12,21,24H;;. The molecule has 126 valence electrons. The minimum Gasteiger partial charge on any atom is -0.355 e. The van der Waals surface area contributed by atoms with Gasteiger partial charge in [0.1, 0.15) is 0 Å². The third-order valence-corrected chi connectivity index (χ3v) is 4.04. The first kappa shape index (κ1) is 18.5. The van der Waals surface area contributed by atoms with Gasteiger partial charge in [-0.25, -0.2) is 9.97 Å². The summed E-state index contributed by atoms with van der Waals surface area (Å²) in [6.07, 6.45) is 8.09. The summed E-state index contributed by atoms with van der Waals surface area (Å²) in [5, 5.41) is 0. The molecule has 2 aliphatic heterocycles. The minimum absolute atomic E-state index is 0. The van der Waals surface area contributed by atoms with Crippen molar-refractivity contribution in [1.82, 2.24) is 19.9 Å². The number of aromatic amines is 2. The summed E-state index contributed by atoms with van der Waals surface area (Å²) in [6.45, 7) is 0. The second kappa shape index (κ2) is 7.55. The molecule has 0 spiro atoms. The topological polar surface area (TPSA) is 57.4 Å².